The Hall–Kier alpha value is -2.24. The van der Waals surface area contributed by atoms with E-state index >= 15 is 0 Å². The molecule has 1 saturated heterocycles. The van der Waals surface area contributed by atoms with Crippen LogP contribution in [0.5, 0.6) is 0 Å². The van der Waals surface area contributed by atoms with Crippen molar-refractivity contribution in [3.63, 3.8) is 0 Å². The van der Waals surface area contributed by atoms with Crippen LogP contribution in [0.15, 0.2) is 18.2 Å². The van der Waals surface area contributed by atoms with Crippen molar-refractivity contribution < 1.29 is 17.9 Å². The predicted molar refractivity (Wildman–Crippen MR) is 88.6 cm³/mol. The molecule has 0 amide bonds. The third kappa shape index (κ3) is 4.15. The average molecular weight is 337 g/mol. The molecule has 0 aromatic heterocycles. The van der Waals surface area contributed by atoms with Crippen LogP contribution in [0.1, 0.15) is 10.4 Å². The number of benzene rings is 1. The number of hydrogen-bond acceptors (Lipinski definition) is 6. The van der Waals surface area contributed by atoms with Gasteiger partial charge in [-0.15, -0.1) is 6.42 Å². The first kappa shape index (κ1) is 17.1. The second-order valence-corrected chi connectivity index (χ2v) is 7.19. The third-order valence-corrected chi connectivity index (χ3v) is 4.88. The molecule has 0 bridgehead atoms. The molecular formula is C15H19N3O4S. The monoisotopic (exact) mass is 337 g/mol. The summed E-state index contributed by atoms with van der Waals surface area (Å²) in [6.07, 6.45) is 6.29. The van der Waals surface area contributed by atoms with Crippen LogP contribution >= 0.6 is 0 Å². The van der Waals surface area contributed by atoms with Crippen molar-refractivity contribution in [1.82, 2.24) is 4.31 Å². The molecule has 1 aromatic rings. The highest BCUT2D eigenvalue weighted by atomic mass is 32.2. The zero-order valence-electron chi connectivity index (χ0n) is 12.9. The summed E-state index contributed by atoms with van der Waals surface area (Å²) in [5.74, 6) is 1.70. The molecule has 0 saturated carbocycles. The van der Waals surface area contributed by atoms with E-state index in [1.54, 1.807) is 12.1 Å². The highest BCUT2D eigenvalue weighted by molar-refractivity contribution is 7.88. The lowest BCUT2D eigenvalue weighted by molar-refractivity contribution is 0.0557. The summed E-state index contributed by atoms with van der Waals surface area (Å²) in [5, 5.41) is 0. The number of rotatable bonds is 4. The molecule has 0 radical (unpaired) electrons. The van der Waals surface area contributed by atoms with E-state index in [4.69, 9.17) is 16.9 Å². The Labute approximate surface area is 136 Å². The van der Waals surface area contributed by atoms with Gasteiger partial charge in [0.15, 0.2) is 6.61 Å². The lowest BCUT2D eigenvalue weighted by Gasteiger charge is -2.35. The predicted octanol–water partition coefficient (Wildman–Crippen LogP) is 0.140. The lowest BCUT2D eigenvalue weighted by Crippen LogP contribution is -2.48. The van der Waals surface area contributed by atoms with Gasteiger partial charge in [-0.25, -0.2) is 13.2 Å². The first-order valence-corrected chi connectivity index (χ1v) is 8.88. The van der Waals surface area contributed by atoms with Crippen LogP contribution < -0.4 is 10.6 Å². The number of esters is 1. The van der Waals surface area contributed by atoms with Crippen molar-refractivity contribution in [3.05, 3.63) is 23.8 Å². The normalized spacial score (nSPS) is 15.9. The molecule has 124 valence electrons. The van der Waals surface area contributed by atoms with Gasteiger partial charge in [-0.2, -0.15) is 4.31 Å². The summed E-state index contributed by atoms with van der Waals surface area (Å²) in [4.78, 5) is 14.1. The number of nitrogen functional groups attached to an aromatic ring is 1. The van der Waals surface area contributed by atoms with Crippen molar-refractivity contribution >= 4 is 27.4 Å². The summed E-state index contributed by atoms with van der Waals surface area (Å²) in [7, 11) is -3.20. The van der Waals surface area contributed by atoms with Crippen LogP contribution in [0.2, 0.25) is 0 Å². The number of piperazine rings is 1. The topological polar surface area (TPSA) is 92.9 Å². The molecule has 2 rings (SSSR count). The smallest absolute Gasteiger partial charge is 0.341 e. The molecule has 1 aliphatic rings. The first-order valence-electron chi connectivity index (χ1n) is 7.03. The second-order valence-electron chi connectivity index (χ2n) is 5.21. The van der Waals surface area contributed by atoms with Gasteiger partial charge in [-0.3, -0.25) is 0 Å². The van der Waals surface area contributed by atoms with Gasteiger partial charge in [0.05, 0.1) is 17.5 Å². The molecule has 1 aliphatic heterocycles. The Morgan fingerprint density at radius 3 is 2.57 bits per heavy atom. The zero-order valence-corrected chi connectivity index (χ0v) is 13.7. The minimum Gasteiger partial charge on any atom is -0.449 e. The molecule has 1 fully saturated rings. The Kier molecular flexibility index (Phi) is 5.13. The Morgan fingerprint density at radius 1 is 1.35 bits per heavy atom. The van der Waals surface area contributed by atoms with Crippen LogP contribution in [-0.4, -0.2) is 57.7 Å². The fraction of sp³-hybridized carbons (Fsp3) is 0.400. The van der Waals surface area contributed by atoms with E-state index < -0.39 is 16.0 Å². The zero-order chi connectivity index (χ0) is 17.0. The molecule has 1 heterocycles. The number of nitrogens with zero attached hydrogens (tertiary/aromatic N) is 2. The maximum Gasteiger partial charge on any atom is 0.341 e. The highest BCUT2D eigenvalue weighted by Crippen LogP contribution is 2.25. The maximum absolute atomic E-state index is 12.1. The summed E-state index contributed by atoms with van der Waals surface area (Å²) in [6, 6.07) is 4.96. The minimum atomic E-state index is -3.20. The number of anilines is 2. The van der Waals surface area contributed by atoms with Crippen LogP contribution in [0.4, 0.5) is 11.4 Å². The number of ether oxygens (including phenoxy) is 1. The van der Waals surface area contributed by atoms with Gasteiger partial charge < -0.3 is 15.4 Å². The fourth-order valence-corrected chi connectivity index (χ4v) is 3.27. The maximum atomic E-state index is 12.1. The van der Waals surface area contributed by atoms with Crippen LogP contribution in [0.3, 0.4) is 0 Å². The van der Waals surface area contributed by atoms with Crippen molar-refractivity contribution in [1.29, 1.82) is 0 Å². The van der Waals surface area contributed by atoms with E-state index in [0.717, 1.165) is 0 Å². The molecular weight excluding hydrogens is 318 g/mol. The van der Waals surface area contributed by atoms with E-state index in [2.05, 4.69) is 5.92 Å². The minimum absolute atomic E-state index is 0.116. The van der Waals surface area contributed by atoms with E-state index in [9.17, 15) is 13.2 Å². The molecule has 8 heteroatoms. The van der Waals surface area contributed by atoms with Gasteiger partial charge >= 0.3 is 5.97 Å². The summed E-state index contributed by atoms with van der Waals surface area (Å²) >= 11 is 0. The molecule has 0 atom stereocenters. The van der Waals surface area contributed by atoms with E-state index in [1.807, 2.05) is 4.90 Å². The number of carbonyl (C=O) groups is 1. The van der Waals surface area contributed by atoms with E-state index in [-0.39, 0.29) is 6.61 Å². The van der Waals surface area contributed by atoms with Gasteiger partial charge in [0.1, 0.15) is 0 Å². The Balaban J connectivity index is 2.21. The molecule has 23 heavy (non-hydrogen) atoms. The Morgan fingerprint density at radius 2 is 2.00 bits per heavy atom. The van der Waals surface area contributed by atoms with Crippen LogP contribution in [0, 0.1) is 12.3 Å². The fourth-order valence-electron chi connectivity index (χ4n) is 2.44. The quantitative estimate of drug-likeness (QED) is 0.477. The number of hydrogen-bond donors (Lipinski definition) is 1. The highest BCUT2D eigenvalue weighted by Gasteiger charge is 2.26. The summed E-state index contributed by atoms with van der Waals surface area (Å²) in [5.41, 5.74) is 7.18. The molecule has 0 aliphatic carbocycles. The Bertz CT molecular complexity index is 732. The van der Waals surface area contributed by atoms with Crippen molar-refractivity contribution in [2.75, 3.05) is 49.7 Å². The molecule has 7 nitrogen and oxygen atoms in total. The third-order valence-electron chi connectivity index (χ3n) is 3.58. The summed E-state index contributed by atoms with van der Waals surface area (Å²) in [6.45, 7) is 1.57. The van der Waals surface area contributed by atoms with Gasteiger partial charge in [0, 0.05) is 31.9 Å². The molecule has 1 aromatic carbocycles. The number of terminal acetylenes is 1. The molecule has 2 N–H and O–H groups in total. The first-order chi connectivity index (χ1) is 10.8. The second kappa shape index (κ2) is 6.89. The molecule has 0 spiro atoms. The van der Waals surface area contributed by atoms with Crippen molar-refractivity contribution in [2.45, 2.75) is 0 Å². The van der Waals surface area contributed by atoms with Crippen LogP contribution in [0.25, 0.3) is 0 Å². The van der Waals surface area contributed by atoms with E-state index in [0.29, 0.717) is 43.1 Å². The van der Waals surface area contributed by atoms with Gasteiger partial charge in [0.25, 0.3) is 0 Å². The van der Waals surface area contributed by atoms with Gasteiger partial charge in [-0.05, 0) is 18.2 Å². The number of carbonyl (C=O) groups excluding carboxylic acids is 1. The van der Waals surface area contributed by atoms with Gasteiger partial charge in [0.2, 0.25) is 10.0 Å². The van der Waals surface area contributed by atoms with E-state index in [1.165, 1.54) is 16.6 Å². The van der Waals surface area contributed by atoms with Crippen molar-refractivity contribution in [3.8, 4) is 12.3 Å². The largest absolute Gasteiger partial charge is 0.449 e. The van der Waals surface area contributed by atoms with Gasteiger partial charge in [-0.1, -0.05) is 5.92 Å². The lowest BCUT2D eigenvalue weighted by atomic mass is 10.1. The molecule has 0 unspecified atom stereocenters. The SMILES string of the molecule is C#CCOC(=O)c1cc(N)ccc1N1CCN(S(C)(=O)=O)CC1. The summed E-state index contributed by atoms with van der Waals surface area (Å²) < 4.78 is 29.5. The number of nitrogens with two attached hydrogens (primary N) is 1. The number of sulfonamides is 1. The van der Waals surface area contributed by atoms with Crippen LogP contribution in [-0.2, 0) is 14.8 Å². The standard InChI is InChI=1S/C15H19N3O4S/c1-3-10-22-15(19)13-11-12(16)4-5-14(13)17-6-8-18(9-7-17)23(2,20)21/h1,4-5,11H,6-10,16H2,2H3. The average Bonchev–Trinajstić information content (AvgIpc) is 2.52. The van der Waals surface area contributed by atoms with Crippen molar-refractivity contribution in [2.24, 2.45) is 0 Å².